The molecule has 102 valence electrons. The first-order valence-electron chi connectivity index (χ1n) is 5.77. The fourth-order valence-corrected chi connectivity index (χ4v) is 2.58. The van der Waals surface area contributed by atoms with Gasteiger partial charge in [-0.1, -0.05) is 0 Å². The SMILES string of the molecule is CCN(CC)C(=O)CNS(=O)(=O)CCCCCl. The van der Waals surface area contributed by atoms with E-state index in [1.807, 2.05) is 13.8 Å². The van der Waals surface area contributed by atoms with Gasteiger partial charge >= 0.3 is 0 Å². The minimum atomic E-state index is -3.35. The summed E-state index contributed by atoms with van der Waals surface area (Å²) >= 11 is 5.46. The Morgan fingerprint density at radius 1 is 1.24 bits per heavy atom. The molecule has 0 unspecified atom stereocenters. The lowest BCUT2D eigenvalue weighted by molar-refractivity contribution is -0.129. The van der Waals surface area contributed by atoms with E-state index in [4.69, 9.17) is 11.6 Å². The smallest absolute Gasteiger partial charge is 0.237 e. The summed E-state index contributed by atoms with van der Waals surface area (Å²) in [5.41, 5.74) is 0. The number of likely N-dealkylation sites (N-methyl/N-ethyl adjacent to an activating group) is 1. The number of hydrogen-bond donors (Lipinski definition) is 1. The van der Waals surface area contributed by atoms with Crippen LogP contribution in [0.3, 0.4) is 0 Å². The van der Waals surface area contributed by atoms with Crippen LogP contribution in [0.5, 0.6) is 0 Å². The summed E-state index contributed by atoms with van der Waals surface area (Å²) in [6, 6.07) is 0. The molecule has 0 saturated heterocycles. The van der Waals surface area contributed by atoms with Crippen molar-refractivity contribution in [2.75, 3.05) is 31.3 Å². The zero-order valence-corrected chi connectivity index (χ0v) is 12.0. The van der Waals surface area contributed by atoms with Crippen molar-refractivity contribution < 1.29 is 13.2 Å². The van der Waals surface area contributed by atoms with Crippen molar-refractivity contribution in [1.29, 1.82) is 0 Å². The third-order valence-corrected chi connectivity index (χ3v) is 4.03. The second-order valence-corrected chi connectivity index (χ2v) is 5.91. The van der Waals surface area contributed by atoms with Gasteiger partial charge in [-0.25, -0.2) is 13.1 Å². The summed E-state index contributed by atoms with van der Waals surface area (Å²) in [5, 5.41) is 0. The van der Waals surface area contributed by atoms with Gasteiger partial charge in [0.05, 0.1) is 12.3 Å². The molecule has 0 fully saturated rings. The zero-order chi connectivity index (χ0) is 13.3. The molecule has 0 spiro atoms. The lowest BCUT2D eigenvalue weighted by atomic mass is 10.4. The second-order valence-electron chi connectivity index (χ2n) is 3.60. The summed E-state index contributed by atoms with van der Waals surface area (Å²) in [6.07, 6.45) is 1.17. The third-order valence-electron chi connectivity index (χ3n) is 2.36. The van der Waals surface area contributed by atoms with Crippen molar-refractivity contribution in [2.45, 2.75) is 26.7 Å². The highest BCUT2D eigenvalue weighted by Gasteiger charge is 2.14. The van der Waals surface area contributed by atoms with E-state index >= 15 is 0 Å². The average Bonchev–Trinajstić information content (AvgIpc) is 2.28. The number of nitrogens with one attached hydrogen (secondary N) is 1. The number of hydrogen-bond acceptors (Lipinski definition) is 3. The molecule has 0 aliphatic rings. The van der Waals surface area contributed by atoms with Crippen LogP contribution >= 0.6 is 11.6 Å². The van der Waals surface area contributed by atoms with Crippen molar-refractivity contribution >= 4 is 27.5 Å². The summed E-state index contributed by atoms with van der Waals surface area (Å²) in [4.78, 5) is 13.1. The first-order valence-corrected chi connectivity index (χ1v) is 7.96. The molecule has 7 heteroatoms. The van der Waals surface area contributed by atoms with Gasteiger partial charge in [-0.2, -0.15) is 0 Å². The fraction of sp³-hybridized carbons (Fsp3) is 0.900. The molecule has 0 atom stereocenters. The van der Waals surface area contributed by atoms with Crippen molar-refractivity contribution in [1.82, 2.24) is 9.62 Å². The molecule has 0 aliphatic heterocycles. The fourth-order valence-electron chi connectivity index (χ4n) is 1.32. The average molecular weight is 285 g/mol. The zero-order valence-electron chi connectivity index (χ0n) is 10.4. The van der Waals surface area contributed by atoms with E-state index in [0.29, 0.717) is 31.8 Å². The largest absolute Gasteiger partial charge is 0.342 e. The van der Waals surface area contributed by atoms with Crippen LogP contribution in [-0.2, 0) is 14.8 Å². The third kappa shape index (κ3) is 7.57. The summed E-state index contributed by atoms with van der Waals surface area (Å²) in [6.45, 7) is 4.73. The number of amides is 1. The van der Waals surface area contributed by atoms with Crippen LogP contribution in [0.2, 0.25) is 0 Å². The lowest BCUT2D eigenvalue weighted by Crippen LogP contribution is -2.40. The molecule has 1 N–H and O–H groups in total. The molecule has 0 aromatic heterocycles. The first kappa shape index (κ1) is 16.7. The Morgan fingerprint density at radius 3 is 2.29 bits per heavy atom. The van der Waals surface area contributed by atoms with Gasteiger partial charge < -0.3 is 4.90 Å². The number of rotatable bonds is 9. The van der Waals surface area contributed by atoms with Gasteiger partial charge in [0, 0.05) is 19.0 Å². The van der Waals surface area contributed by atoms with E-state index < -0.39 is 10.0 Å². The Labute approximate surface area is 109 Å². The first-order chi connectivity index (χ1) is 7.96. The molecule has 0 aliphatic carbocycles. The maximum absolute atomic E-state index is 11.6. The Kier molecular flexibility index (Phi) is 8.55. The van der Waals surface area contributed by atoms with Gasteiger partial charge in [0.2, 0.25) is 15.9 Å². The maximum Gasteiger partial charge on any atom is 0.237 e. The molecule has 0 saturated carbocycles. The van der Waals surface area contributed by atoms with Crippen molar-refractivity contribution in [2.24, 2.45) is 0 Å². The van der Waals surface area contributed by atoms with E-state index in [0.717, 1.165) is 0 Å². The van der Waals surface area contributed by atoms with Crippen LogP contribution in [-0.4, -0.2) is 50.5 Å². The normalized spacial score (nSPS) is 11.5. The Hall–Kier alpha value is -0.330. The van der Waals surface area contributed by atoms with Crippen molar-refractivity contribution in [3.63, 3.8) is 0 Å². The number of nitrogens with zero attached hydrogens (tertiary/aromatic N) is 1. The minimum absolute atomic E-state index is 0.0191. The molecule has 17 heavy (non-hydrogen) atoms. The number of halogens is 1. The molecule has 0 radical (unpaired) electrons. The summed E-state index contributed by atoms with van der Waals surface area (Å²) in [7, 11) is -3.35. The van der Waals surface area contributed by atoms with Gasteiger partial charge in [0.1, 0.15) is 0 Å². The van der Waals surface area contributed by atoms with E-state index in [2.05, 4.69) is 4.72 Å². The topological polar surface area (TPSA) is 66.5 Å². The molecule has 0 heterocycles. The molecule has 5 nitrogen and oxygen atoms in total. The summed E-state index contributed by atoms with van der Waals surface area (Å²) in [5.74, 6) is 0.273. The molecule has 0 bridgehead atoms. The van der Waals surface area contributed by atoms with Crippen molar-refractivity contribution in [3.05, 3.63) is 0 Å². The van der Waals surface area contributed by atoms with E-state index in [9.17, 15) is 13.2 Å². The predicted octanol–water partition coefficient (Wildman–Crippen LogP) is 0.793. The molecular weight excluding hydrogens is 264 g/mol. The summed E-state index contributed by atoms with van der Waals surface area (Å²) < 4.78 is 25.3. The van der Waals surface area contributed by atoms with Crippen molar-refractivity contribution in [3.8, 4) is 0 Å². The van der Waals surface area contributed by atoms with Gasteiger partial charge in [0.25, 0.3) is 0 Å². The maximum atomic E-state index is 11.6. The van der Waals surface area contributed by atoms with E-state index in [-0.39, 0.29) is 18.2 Å². The van der Waals surface area contributed by atoms with Crippen LogP contribution in [0, 0.1) is 0 Å². The number of carbonyl (C=O) groups excluding carboxylic acids is 1. The number of alkyl halides is 1. The van der Waals surface area contributed by atoms with E-state index in [1.54, 1.807) is 4.90 Å². The highest BCUT2D eigenvalue weighted by atomic mass is 35.5. The second kappa shape index (κ2) is 8.72. The van der Waals surface area contributed by atoms with Gasteiger partial charge in [0.15, 0.2) is 0 Å². The lowest BCUT2D eigenvalue weighted by Gasteiger charge is -2.18. The highest BCUT2D eigenvalue weighted by molar-refractivity contribution is 7.89. The Morgan fingerprint density at radius 2 is 1.82 bits per heavy atom. The Bertz CT molecular complexity index is 316. The minimum Gasteiger partial charge on any atom is -0.342 e. The van der Waals surface area contributed by atoms with Crippen LogP contribution in [0.4, 0.5) is 0 Å². The quantitative estimate of drug-likeness (QED) is 0.503. The molecule has 1 amide bonds. The number of carbonyl (C=O) groups is 1. The molecular formula is C10H21ClN2O3S. The van der Waals surface area contributed by atoms with Crippen LogP contribution in [0.1, 0.15) is 26.7 Å². The van der Waals surface area contributed by atoms with Gasteiger partial charge in [-0.3, -0.25) is 4.79 Å². The van der Waals surface area contributed by atoms with Gasteiger partial charge in [-0.15, -0.1) is 11.6 Å². The molecule has 0 aromatic rings. The van der Waals surface area contributed by atoms with E-state index in [1.165, 1.54) is 0 Å². The number of unbranched alkanes of at least 4 members (excludes halogenated alkanes) is 1. The number of sulfonamides is 1. The highest BCUT2D eigenvalue weighted by Crippen LogP contribution is 1.96. The predicted molar refractivity (Wildman–Crippen MR) is 69.7 cm³/mol. The van der Waals surface area contributed by atoms with Crippen LogP contribution < -0.4 is 4.72 Å². The van der Waals surface area contributed by atoms with Crippen LogP contribution in [0.25, 0.3) is 0 Å². The Balaban J connectivity index is 4.04. The van der Waals surface area contributed by atoms with Gasteiger partial charge in [-0.05, 0) is 26.7 Å². The monoisotopic (exact) mass is 284 g/mol. The molecule has 0 aromatic carbocycles. The molecule has 0 rings (SSSR count). The van der Waals surface area contributed by atoms with Crippen LogP contribution in [0.15, 0.2) is 0 Å². The standard InChI is InChI=1S/C10H21ClN2O3S/c1-3-13(4-2)10(14)9-12-17(15,16)8-6-5-7-11/h12H,3-9H2,1-2H3.